The highest BCUT2D eigenvalue weighted by Crippen LogP contribution is 2.29. The first-order valence-electron chi connectivity index (χ1n) is 10.8. The first-order chi connectivity index (χ1) is 16.6. The Morgan fingerprint density at radius 3 is 2.26 bits per heavy atom. The third-order valence-electron chi connectivity index (χ3n) is 5.53. The SMILES string of the molecule is CN(c1ccccc1)c1cc(/C=C2/SC(=O)NC2=O)nc(N2CCN(c3ncccn3)CC2)n1. The predicted octanol–water partition coefficient (Wildman–Crippen LogP) is 2.68. The monoisotopic (exact) mass is 474 g/mol. The van der Waals surface area contributed by atoms with Gasteiger partial charge in [0.25, 0.3) is 11.1 Å². The van der Waals surface area contributed by atoms with Crippen LogP contribution < -0.4 is 20.0 Å². The van der Waals surface area contributed by atoms with E-state index in [1.807, 2.05) is 48.3 Å². The molecule has 5 rings (SSSR count). The van der Waals surface area contributed by atoms with E-state index >= 15 is 0 Å². The maximum atomic E-state index is 12.1. The molecule has 0 spiro atoms. The fourth-order valence-corrected chi connectivity index (χ4v) is 4.39. The second kappa shape index (κ2) is 9.48. The number of carbonyl (C=O) groups is 2. The molecule has 2 amide bonds. The lowest BCUT2D eigenvalue weighted by Gasteiger charge is -2.35. The summed E-state index contributed by atoms with van der Waals surface area (Å²) in [5.41, 5.74) is 1.53. The minimum atomic E-state index is -0.412. The van der Waals surface area contributed by atoms with E-state index in [-0.39, 0.29) is 5.24 Å². The molecular formula is C23H22N8O2S. The Kier molecular flexibility index (Phi) is 6.09. The molecule has 3 aromatic rings. The lowest BCUT2D eigenvalue weighted by atomic mass is 10.2. The molecule has 1 N–H and O–H groups in total. The predicted molar refractivity (Wildman–Crippen MR) is 132 cm³/mol. The number of nitrogens with zero attached hydrogens (tertiary/aromatic N) is 7. The van der Waals surface area contributed by atoms with E-state index in [0.29, 0.717) is 41.4 Å². The molecule has 2 aliphatic rings. The van der Waals surface area contributed by atoms with Gasteiger partial charge in [-0.15, -0.1) is 0 Å². The molecule has 0 radical (unpaired) electrons. The molecule has 0 bridgehead atoms. The first-order valence-corrected chi connectivity index (χ1v) is 11.6. The van der Waals surface area contributed by atoms with Crippen LogP contribution in [0.3, 0.4) is 0 Å². The maximum absolute atomic E-state index is 12.1. The summed E-state index contributed by atoms with van der Waals surface area (Å²) in [5, 5.41) is 1.90. The molecule has 4 heterocycles. The molecule has 1 aromatic carbocycles. The number of imide groups is 1. The summed E-state index contributed by atoms with van der Waals surface area (Å²) >= 11 is 0.872. The molecule has 10 nitrogen and oxygen atoms in total. The number of piperazine rings is 1. The topological polar surface area (TPSA) is 107 Å². The number of benzene rings is 1. The number of anilines is 4. The number of hydrogen-bond donors (Lipinski definition) is 1. The van der Waals surface area contributed by atoms with Crippen molar-refractivity contribution in [2.24, 2.45) is 0 Å². The van der Waals surface area contributed by atoms with E-state index in [9.17, 15) is 9.59 Å². The molecule has 11 heteroatoms. The lowest BCUT2D eigenvalue weighted by Crippen LogP contribution is -2.47. The van der Waals surface area contributed by atoms with Gasteiger partial charge >= 0.3 is 0 Å². The third-order valence-corrected chi connectivity index (χ3v) is 6.34. The summed E-state index contributed by atoms with van der Waals surface area (Å²) < 4.78 is 0. The molecule has 2 aromatic heterocycles. The summed E-state index contributed by atoms with van der Waals surface area (Å²) in [6.07, 6.45) is 5.11. The fraction of sp³-hybridized carbons (Fsp3) is 0.217. The van der Waals surface area contributed by atoms with Gasteiger partial charge in [-0.1, -0.05) is 18.2 Å². The van der Waals surface area contributed by atoms with Crippen molar-refractivity contribution in [3.05, 3.63) is 65.5 Å². The standard InChI is InChI=1S/C23H22N8O2S/c1-29(17-6-3-2-4-7-17)19-15-16(14-18-20(32)28-23(33)34-18)26-22(27-19)31-12-10-30(11-13-31)21-24-8-5-9-25-21/h2-9,14-15H,10-13H2,1H3,(H,28,32,33)/b18-14+. The van der Waals surface area contributed by atoms with Crippen LogP contribution in [-0.4, -0.2) is 64.3 Å². The van der Waals surface area contributed by atoms with Crippen LogP contribution in [0, 0.1) is 0 Å². The Morgan fingerprint density at radius 1 is 0.941 bits per heavy atom. The number of amides is 2. The van der Waals surface area contributed by atoms with Crippen molar-refractivity contribution >= 4 is 52.4 Å². The average Bonchev–Trinajstić information content (AvgIpc) is 3.20. The number of nitrogens with one attached hydrogen (secondary N) is 1. The molecule has 34 heavy (non-hydrogen) atoms. The van der Waals surface area contributed by atoms with E-state index in [1.165, 1.54) is 0 Å². The number of thioether (sulfide) groups is 1. The van der Waals surface area contributed by atoms with E-state index in [2.05, 4.69) is 25.1 Å². The van der Waals surface area contributed by atoms with Crippen LogP contribution in [0.1, 0.15) is 5.69 Å². The molecule has 2 saturated heterocycles. The van der Waals surface area contributed by atoms with Crippen molar-refractivity contribution in [1.82, 2.24) is 25.3 Å². The molecular weight excluding hydrogens is 452 g/mol. The van der Waals surface area contributed by atoms with Crippen LogP contribution in [0.25, 0.3) is 6.08 Å². The van der Waals surface area contributed by atoms with Gasteiger partial charge in [0.2, 0.25) is 11.9 Å². The quantitative estimate of drug-likeness (QED) is 0.555. The van der Waals surface area contributed by atoms with Crippen LogP contribution in [0.15, 0.2) is 59.8 Å². The minimum Gasteiger partial charge on any atom is -0.337 e. The molecule has 0 unspecified atom stereocenters. The van der Waals surface area contributed by atoms with Gasteiger partial charge in [-0.3, -0.25) is 14.9 Å². The highest BCUT2D eigenvalue weighted by molar-refractivity contribution is 8.18. The Bertz CT molecular complexity index is 1230. The average molecular weight is 475 g/mol. The van der Waals surface area contributed by atoms with Crippen LogP contribution in [0.2, 0.25) is 0 Å². The van der Waals surface area contributed by atoms with Crippen molar-refractivity contribution in [2.75, 3.05) is 47.9 Å². The Balaban J connectivity index is 1.45. The Labute approximate surface area is 200 Å². The summed E-state index contributed by atoms with van der Waals surface area (Å²) in [6, 6.07) is 13.5. The Hall–Kier alpha value is -3.99. The highest BCUT2D eigenvalue weighted by atomic mass is 32.2. The van der Waals surface area contributed by atoms with Gasteiger partial charge in [0.1, 0.15) is 5.82 Å². The van der Waals surface area contributed by atoms with Gasteiger partial charge in [0.05, 0.1) is 10.6 Å². The van der Waals surface area contributed by atoms with Crippen molar-refractivity contribution in [3.8, 4) is 0 Å². The zero-order valence-electron chi connectivity index (χ0n) is 18.5. The molecule has 0 saturated carbocycles. The van der Waals surface area contributed by atoms with E-state index in [0.717, 1.165) is 30.5 Å². The van der Waals surface area contributed by atoms with E-state index in [1.54, 1.807) is 24.5 Å². The molecule has 0 aliphatic carbocycles. The number of aromatic nitrogens is 4. The molecule has 172 valence electrons. The lowest BCUT2D eigenvalue weighted by molar-refractivity contribution is -0.115. The van der Waals surface area contributed by atoms with E-state index in [4.69, 9.17) is 9.97 Å². The van der Waals surface area contributed by atoms with Gasteiger partial charge in [-0.2, -0.15) is 4.98 Å². The molecule has 0 atom stereocenters. The normalized spacial score (nSPS) is 17.3. The van der Waals surface area contributed by atoms with Gasteiger partial charge < -0.3 is 14.7 Å². The summed E-state index contributed by atoms with van der Waals surface area (Å²) in [7, 11) is 1.93. The van der Waals surface area contributed by atoms with Crippen LogP contribution >= 0.6 is 11.8 Å². The van der Waals surface area contributed by atoms with Crippen molar-refractivity contribution < 1.29 is 9.59 Å². The van der Waals surface area contributed by atoms with Crippen LogP contribution in [0.4, 0.5) is 28.2 Å². The zero-order valence-corrected chi connectivity index (χ0v) is 19.3. The second-order valence-corrected chi connectivity index (χ2v) is 8.74. The first kappa shape index (κ1) is 21.8. The van der Waals surface area contributed by atoms with Crippen LogP contribution in [0.5, 0.6) is 0 Å². The minimum absolute atomic E-state index is 0.314. The van der Waals surface area contributed by atoms with Crippen molar-refractivity contribution in [3.63, 3.8) is 0 Å². The largest absolute Gasteiger partial charge is 0.337 e. The van der Waals surface area contributed by atoms with Gasteiger partial charge in [0.15, 0.2) is 0 Å². The third kappa shape index (κ3) is 4.69. The van der Waals surface area contributed by atoms with Crippen LogP contribution in [-0.2, 0) is 4.79 Å². The fourth-order valence-electron chi connectivity index (χ4n) is 3.73. The number of para-hydroxylation sites is 1. The van der Waals surface area contributed by atoms with Crippen molar-refractivity contribution in [1.29, 1.82) is 0 Å². The molecule has 2 aliphatic heterocycles. The highest BCUT2D eigenvalue weighted by Gasteiger charge is 2.26. The number of rotatable bonds is 5. The maximum Gasteiger partial charge on any atom is 0.290 e. The smallest absolute Gasteiger partial charge is 0.290 e. The Morgan fingerprint density at radius 2 is 1.62 bits per heavy atom. The van der Waals surface area contributed by atoms with Crippen molar-refractivity contribution in [2.45, 2.75) is 0 Å². The van der Waals surface area contributed by atoms with Gasteiger partial charge in [-0.25, -0.2) is 15.0 Å². The number of carbonyl (C=O) groups excluding carboxylic acids is 2. The number of hydrogen-bond acceptors (Lipinski definition) is 10. The molecule has 2 fully saturated rings. The summed E-state index contributed by atoms with van der Waals surface area (Å²) in [4.78, 5) is 48.4. The summed E-state index contributed by atoms with van der Waals surface area (Å²) in [5.74, 6) is 1.55. The van der Waals surface area contributed by atoms with E-state index < -0.39 is 5.91 Å². The van der Waals surface area contributed by atoms with Gasteiger partial charge in [0, 0.05) is 57.4 Å². The second-order valence-electron chi connectivity index (χ2n) is 7.72. The van der Waals surface area contributed by atoms with Gasteiger partial charge in [-0.05, 0) is 36.0 Å². The zero-order chi connectivity index (χ0) is 23.5. The summed E-state index contributed by atoms with van der Waals surface area (Å²) in [6.45, 7) is 2.85.